The zero-order chi connectivity index (χ0) is 14.4. The Bertz CT molecular complexity index is 410. The van der Waals surface area contributed by atoms with Gasteiger partial charge < -0.3 is 15.7 Å². The SMILES string of the molecule is CSC(CO)C(C)NC(=O)NC(C)c1ccc(Cl)s1. The Morgan fingerprint density at radius 3 is 2.63 bits per heavy atom. The van der Waals surface area contributed by atoms with E-state index in [0.29, 0.717) is 4.34 Å². The second-order valence-electron chi connectivity index (χ2n) is 4.23. The fraction of sp³-hybridized carbons (Fsp3) is 0.583. The quantitative estimate of drug-likeness (QED) is 0.754. The van der Waals surface area contributed by atoms with Crippen molar-refractivity contribution in [3.05, 3.63) is 21.3 Å². The summed E-state index contributed by atoms with van der Waals surface area (Å²) in [4.78, 5) is 12.8. The first-order valence-electron chi connectivity index (χ1n) is 5.93. The molecule has 0 aliphatic carbocycles. The molecule has 1 aromatic rings. The molecule has 108 valence electrons. The topological polar surface area (TPSA) is 61.4 Å². The van der Waals surface area contributed by atoms with Gasteiger partial charge in [0.1, 0.15) is 0 Å². The Morgan fingerprint density at radius 2 is 2.16 bits per heavy atom. The Labute approximate surface area is 126 Å². The van der Waals surface area contributed by atoms with E-state index in [0.717, 1.165) is 4.88 Å². The zero-order valence-electron chi connectivity index (χ0n) is 11.1. The largest absolute Gasteiger partial charge is 0.395 e. The molecule has 0 spiro atoms. The molecule has 1 heterocycles. The van der Waals surface area contributed by atoms with Gasteiger partial charge in [0.15, 0.2) is 0 Å². The Balaban J connectivity index is 2.46. The number of aliphatic hydroxyl groups is 1. The molecule has 0 radical (unpaired) electrons. The number of urea groups is 1. The van der Waals surface area contributed by atoms with Gasteiger partial charge >= 0.3 is 6.03 Å². The number of carbonyl (C=O) groups is 1. The molecule has 0 aliphatic rings. The van der Waals surface area contributed by atoms with Crippen molar-refractivity contribution in [2.75, 3.05) is 12.9 Å². The van der Waals surface area contributed by atoms with Crippen LogP contribution in [0.4, 0.5) is 4.79 Å². The second kappa shape index (κ2) is 7.99. The lowest BCUT2D eigenvalue weighted by Crippen LogP contribution is -2.46. The second-order valence-corrected chi connectivity index (χ2v) is 7.05. The molecule has 0 aromatic carbocycles. The number of nitrogens with one attached hydrogen (secondary N) is 2. The van der Waals surface area contributed by atoms with Gasteiger partial charge in [-0.05, 0) is 32.2 Å². The number of hydrogen-bond acceptors (Lipinski definition) is 4. The van der Waals surface area contributed by atoms with Crippen molar-refractivity contribution in [2.24, 2.45) is 0 Å². The molecule has 0 aliphatic heterocycles. The lowest BCUT2D eigenvalue weighted by molar-refractivity contribution is 0.230. The number of rotatable bonds is 6. The van der Waals surface area contributed by atoms with E-state index in [-0.39, 0.29) is 30.0 Å². The molecule has 19 heavy (non-hydrogen) atoms. The Morgan fingerprint density at radius 1 is 1.47 bits per heavy atom. The molecular weight excluding hydrogens is 304 g/mol. The minimum absolute atomic E-state index is 0.00256. The standard InChI is InChI=1S/C12H19ClN2O2S2/c1-7(9-4-5-11(13)19-9)14-12(17)15-8(2)10(6-16)18-3/h4-5,7-8,10,16H,6H2,1-3H3,(H2,14,15,17). The van der Waals surface area contributed by atoms with Crippen LogP contribution in [-0.2, 0) is 0 Å². The summed E-state index contributed by atoms with van der Waals surface area (Å²) in [6, 6.07) is 3.29. The van der Waals surface area contributed by atoms with E-state index in [1.54, 1.807) is 0 Å². The third-order valence-corrected chi connectivity index (χ3v) is 5.34. The van der Waals surface area contributed by atoms with Crippen molar-refractivity contribution in [1.29, 1.82) is 0 Å². The number of amides is 2. The third kappa shape index (κ3) is 5.22. The monoisotopic (exact) mass is 322 g/mol. The van der Waals surface area contributed by atoms with Crippen LogP contribution in [0.3, 0.4) is 0 Å². The van der Waals surface area contributed by atoms with E-state index in [2.05, 4.69) is 10.6 Å². The van der Waals surface area contributed by atoms with E-state index < -0.39 is 0 Å². The van der Waals surface area contributed by atoms with Crippen LogP contribution in [0.15, 0.2) is 12.1 Å². The summed E-state index contributed by atoms with van der Waals surface area (Å²) in [6.07, 6.45) is 1.91. The fourth-order valence-corrected chi connectivity index (χ4v) is 3.30. The average Bonchev–Trinajstić information content (AvgIpc) is 2.77. The molecule has 0 saturated heterocycles. The van der Waals surface area contributed by atoms with Gasteiger partial charge in [-0.2, -0.15) is 11.8 Å². The zero-order valence-corrected chi connectivity index (χ0v) is 13.5. The third-order valence-electron chi connectivity index (χ3n) is 2.77. The Hall–Kier alpha value is -0.430. The lowest BCUT2D eigenvalue weighted by atomic mass is 10.2. The molecule has 0 bridgehead atoms. The first-order valence-corrected chi connectivity index (χ1v) is 8.42. The van der Waals surface area contributed by atoms with Gasteiger partial charge in [-0.1, -0.05) is 11.6 Å². The van der Waals surface area contributed by atoms with Gasteiger partial charge in [-0.3, -0.25) is 0 Å². The molecule has 1 rings (SSSR count). The summed E-state index contributed by atoms with van der Waals surface area (Å²) in [7, 11) is 0. The van der Waals surface area contributed by atoms with Gasteiger partial charge in [-0.25, -0.2) is 4.79 Å². The summed E-state index contributed by atoms with van der Waals surface area (Å²) < 4.78 is 0.708. The number of halogens is 1. The number of aliphatic hydroxyl groups excluding tert-OH is 1. The smallest absolute Gasteiger partial charge is 0.315 e. The van der Waals surface area contributed by atoms with Crippen molar-refractivity contribution in [3.63, 3.8) is 0 Å². The first kappa shape index (κ1) is 16.6. The van der Waals surface area contributed by atoms with Gasteiger partial charge in [0, 0.05) is 16.2 Å². The van der Waals surface area contributed by atoms with Crippen LogP contribution < -0.4 is 10.6 Å². The molecule has 3 atom stereocenters. The van der Waals surface area contributed by atoms with Gasteiger partial charge in [0.25, 0.3) is 0 Å². The molecule has 1 aromatic heterocycles. The van der Waals surface area contributed by atoms with Crippen molar-refractivity contribution in [2.45, 2.75) is 31.2 Å². The molecule has 7 heteroatoms. The molecule has 0 fully saturated rings. The van der Waals surface area contributed by atoms with E-state index in [1.807, 2.05) is 32.2 Å². The predicted molar refractivity (Wildman–Crippen MR) is 83.3 cm³/mol. The first-order chi connectivity index (χ1) is 8.97. The van der Waals surface area contributed by atoms with Crippen LogP contribution in [-0.4, -0.2) is 35.3 Å². The van der Waals surface area contributed by atoms with E-state index in [1.165, 1.54) is 23.1 Å². The maximum absolute atomic E-state index is 11.8. The van der Waals surface area contributed by atoms with Gasteiger partial charge in [-0.15, -0.1) is 11.3 Å². The highest BCUT2D eigenvalue weighted by atomic mass is 35.5. The minimum Gasteiger partial charge on any atom is -0.395 e. The van der Waals surface area contributed by atoms with E-state index in [4.69, 9.17) is 16.7 Å². The van der Waals surface area contributed by atoms with Crippen LogP contribution in [0.1, 0.15) is 24.8 Å². The normalized spacial score (nSPS) is 15.6. The molecule has 0 saturated carbocycles. The van der Waals surface area contributed by atoms with Crippen molar-refractivity contribution in [3.8, 4) is 0 Å². The molecule has 3 unspecified atom stereocenters. The van der Waals surface area contributed by atoms with Crippen LogP contribution in [0.25, 0.3) is 0 Å². The van der Waals surface area contributed by atoms with Crippen LogP contribution in [0, 0.1) is 0 Å². The van der Waals surface area contributed by atoms with Crippen molar-refractivity contribution < 1.29 is 9.90 Å². The predicted octanol–water partition coefficient (Wildman–Crippen LogP) is 2.87. The Kier molecular flexibility index (Phi) is 6.99. The average molecular weight is 323 g/mol. The molecule has 3 N–H and O–H groups in total. The molecule has 2 amide bonds. The minimum atomic E-state index is -0.239. The van der Waals surface area contributed by atoms with Crippen LogP contribution in [0.5, 0.6) is 0 Å². The number of thioether (sulfide) groups is 1. The van der Waals surface area contributed by atoms with Gasteiger partial charge in [0.05, 0.1) is 17.0 Å². The summed E-state index contributed by atoms with van der Waals surface area (Å²) >= 11 is 8.85. The lowest BCUT2D eigenvalue weighted by Gasteiger charge is -2.22. The maximum Gasteiger partial charge on any atom is 0.315 e. The maximum atomic E-state index is 11.8. The van der Waals surface area contributed by atoms with Crippen molar-refractivity contribution in [1.82, 2.24) is 10.6 Å². The summed E-state index contributed by atoms with van der Waals surface area (Å²) in [5.41, 5.74) is 0. The number of hydrogen-bond donors (Lipinski definition) is 3. The summed E-state index contributed by atoms with van der Waals surface area (Å²) in [6.45, 7) is 3.83. The van der Waals surface area contributed by atoms with Gasteiger partial charge in [0.2, 0.25) is 0 Å². The van der Waals surface area contributed by atoms with Crippen LogP contribution >= 0.6 is 34.7 Å². The number of thiophene rings is 1. The summed E-state index contributed by atoms with van der Waals surface area (Å²) in [5.74, 6) is 0. The van der Waals surface area contributed by atoms with Crippen LogP contribution in [0.2, 0.25) is 4.34 Å². The van der Waals surface area contributed by atoms with E-state index in [9.17, 15) is 4.79 Å². The highest BCUT2D eigenvalue weighted by Crippen LogP contribution is 2.26. The highest BCUT2D eigenvalue weighted by Gasteiger charge is 2.18. The molecule has 4 nitrogen and oxygen atoms in total. The number of carbonyl (C=O) groups excluding carboxylic acids is 1. The highest BCUT2D eigenvalue weighted by molar-refractivity contribution is 7.99. The molecular formula is C12H19ClN2O2S2. The van der Waals surface area contributed by atoms with E-state index >= 15 is 0 Å². The fourth-order valence-electron chi connectivity index (χ4n) is 1.61. The van der Waals surface area contributed by atoms with Crippen molar-refractivity contribution >= 4 is 40.7 Å². The summed E-state index contributed by atoms with van der Waals surface area (Å²) in [5, 5.41) is 14.8.